The van der Waals surface area contributed by atoms with E-state index in [1.165, 1.54) is 6.92 Å². The van der Waals surface area contributed by atoms with Gasteiger partial charge in [0.05, 0.1) is 10.6 Å². The molecule has 1 rings (SSSR count). The summed E-state index contributed by atoms with van der Waals surface area (Å²) in [5, 5.41) is 5.32. The van der Waals surface area contributed by atoms with E-state index < -0.39 is 21.7 Å². The number of amides is 1. The van der Waals surface area contributed by atoms with Crippen LogP contribution in [-0.4, -0.2) is 33.5 Å². The van der Waals surface area contributed by atoms with Gasteiger partial charge in [-0.1, -0.05) is 6.92 Å². The molecule has 3 N–H and O–H groups in total. The molecule has 0 spiro atoms. The second-order valence-electron chi connectivity index (χ2n) is 4.63. The maximum Gasteiger partial charge on any atom is 0.240 e. The van der Waals surface area contributed by atoms with Crippen LogP contribution in [0.1, 0.15) is 20.8 Å². The third-order valence-electron chi connectivity index (χ3n) is 2.69. The lowest BCUT2D eigenvalue weighted by molar-refractivity contribution is -0.114. The first-order chi connectivity index (χ1) is 9.76. The summed E-state index contributed by atoms with van der Waals surface area (Å²) in [5.74, 6) is -1.16. The fraction of sp³-hybridized carbons (Fsp3) is 0.462. The average Bonchev–Trinajstić information content (AvgIpc) is 2.39. The normalized spacial score (nSPS) is 13.0. The molecule has 0 heterocycles. The van der Waals surface area contributed by atoms with Crippen LogP contribution >= 0.6 is 0 Å². The molecule has 0 saturated heterocycles. The van der Waals surface area contributed by atoms with E-state index >= 15 is 0 Å². The summed E-state index contributed by atoms with van der Waals surface area (Å²) in [7, 11) is -3.76. The number of anilines is 1. The van der Waals surface area contributed by atoms with E-state index in [0.29, 0.717) is 0 Å². The summed E-state index contributed by atoms with van der Waals surface area (Å²) >= 11 is 0. The standard InChI is InChI=1S/C13H20FN3O3S/c1-4-15-9(2)8-16-21(19,20)11-5-6-12(14)13(7-11)17-10(3)18/h5-7,9,15-16H,4,8H2,1-3H3,(H,17,18)/t9-/m1/s1. The molecule has 21 heavy (non-hydrogen) atoms. The first kappa shape index (κ1) is 17.5. The summed E-state index contributed by atoms with van der Waals surface area (Å²) in [6.07, 6.45) is 0. The third-order valence-corrected chi connectivity index (χ3v) is 4.11. The lowest BCUT2D eigenvalue weighted by Crippen LogP contribution is -2.38. The van der Waals surface area contributed by atoms with Crippen LogP contribution in [0.15, 0.2) is 23.1 Å². The minimum Gasteiger partial charge on any atom is -0.324 e. The Morgan fingerprint density at radius 2 is 2.05 bits per heavy atom. The highest BCUT2D eigenvalue weighted by atomic mass is 32.2. The molecule has 0 unspecified atom stereocenters. The number of rotatable bonds is 7. The van der Waals surface area contributed by atoms with Crippen molar-refractivity contribution in [3.63, 3.8) is 0 Å². The van der Waals surface area contributed by atoms with Crippen molar-refractivity contribution >= 4 is 21.6 Å². The zero-order valence-electron chi connectivity index (χ0n) is 12.2. The van der Waals surface area contributed by atoms with Gasteiger partial charge in [0.2, 0.25) is 15.9 Å². The Bertz CT molecular complexity index is 605. The van der Waals surface area contributed by atoms with Crippen molar-refractivity contribution in [1.82, 2.24) is 10.0 Å². The van der Waals surface area contributed by atoms with Gasteiger partial charge in [-0.3, -0.25) is 4.79 Å². The molecule has 0 aliphatic carbocycles. The molecule has 0 fully saturated rings. The predicted octanol–water partition coefficient (Wildman–Crippen LogP) is 1.06. The molecular weight excluding hydrogens is 297 g/mol. The second-order valence-corrected chi connectivity index (χ2v) is 6.40. The van der Waals surface area contributed by atoms with E-state index in [1.807, 2.05) is 13.8 Å². The molecule has 0 radical (unpaired) electrons. The molecule has 1 atom stereocenters. The van der Waals surface area contributed by atoms with Gasteiger partial charge in [0.15, 0.2) is 0 Å². The second kappa shape index (κ2) is 7.48. The smallest absolute Gasteiger partial charge is 0.240 e. The van der Waals surface area contributed by atoms with Gasteiger partial charge in [0.25, 0.3) is 0 Å². The van der Waals surface area contributed by atoms with Crippen LogP contribution < -0.4 is 15.4 Å². The quantitative estimate of drug-likeness (QED) is 0.702. The van der Waals surface area contributed by atoms with Gasteiger partial charge < -0.3 is 10.6 Å². The highest BCUT2D eigenvalue weighted by molar-refractivity contribution is 7.89. The van der Waals surface area contributed by atoms with E-state index in [9.17, 15) is 17.6 Å². The third kappa shape index (κ3) is 5.41. The topological polar surface area (TPSA) is 87.3 Å². The summed E-state index contributed by atoms with van der Waals surface area (Å²) in [5.41, 5.74) is -0.162. The fourth-order valence-electron chi connectivity index (χ4n) is 1.70. The lowest BCUT2D eigenvalue weighted by atomic mass is 10.3. The maximum absolute atomic E-state index is 13.5. The number of sulfonamides is 1. The molecule has 6 nitrogen and oxygen atoms in total. The van der Waals surface area contributed by atoms with Crippen LogP contribution in [0, 0.1) is 5.82 Å². The summed E-state index contributed by atoms with van der Waals surface area (Å²) in [6, 6.07) is 3.23. The number of hydrogen-bond acceptors (Lipinski definition) is 4. The first-order valence-corrected chi connectivity index (χ1v) is 8.04. The Labute approximate surface area is 124 Å². The molecule has 0 bridgehead atoms. The number of benzene rings is 1. The van der Waals surface area contributed by atoms with E-state index in [0.717, 1.165) is 24.7 Å². The van der Waals surface area contributed by atoms with Crippen LogP contribution in [0.25, 0.3) is 0 Å². The lowest BCUT2D eigenvalue weighted by Gasteiger charge is -2.14. The Balaban J connectivity index is 2.90. The van der Waals surface area contributed by atoms with Gasteiger partial charge in [-0.25, -0.2) is 17.5 Å². The van der Waals surface area contributed by atoms with E-state index in [4.69, 9.17) is 0 Å². The van der Waals surface area contributed by atoms with Crippen molar-refractivity contribution < 1.29 is 17.6 Å². The molecule has 0 saturated carbocycles. The SMILES string of the molecule is CCN[C@H](C)CNS(=O)(=O)c1ccc(F)c(NC(C)=O)c1. The van der Waals surface area contributed by atoms with Gasteiger partial charge in [-0.05, 0) is 31.7 Å². The number of carbonyl (C=O) groups is 1. The number of halogens is 1. The molecule has 0 aliphatic heterocycles. The molecule has 8 heteroatoms. The van der Waals surface area contributed by atoms with Gasteiger partial charge in [0, 0.05) is 19.5 Å². The molecular formula is C13H20FN3O3S. The number of carbonyl (C=O) groups excluding carboxylic acids is 1. The van der Waals surface area contributed by atoms with Crippen molar-refractivity contribution in [3.8, 4) is 0 Å². The Hall–Kier alpha value is -1.51. The van der Waals surface area contributed by atoms with Crippen molar-refractivity contribution in [2.24, 2.45) is 0 Å². The molecule has 1 aromatic carbocycles. The largest absolute Gasteiger partial charge is 0.324 e. The van der Waals surface area contributed by atoms with Crippen molar-refractivity contribution in [2.75, 3.05) is 18.4 Å². The van der Waals surface area contributed by atoms with Gasteiger partial charge in [-0.15, -0.1) is 0 Å². The van der Waals surface area contributed by atoms with Gasteiger partial charge >= 0.3 is 0 Å². The van der Waals surface area contributed by atoms with Crippen molar-refractivity contribution in [3.05, 3.63) is 24.0 Å². The van der Waals surface area contributed by atoms with Crippen LogP contribution in [0.5, 0.6) is 0 Å². The number of likely N-dealkylation sites (N-methyl/N-ethyl adjacent to an activating group) is 1. The molecule has 1 amide bonds. The monoisotopic (exact) mass is 317 g/mol. The van der Waals surface area contributed by atoms with E-state index in [2.05, 4.69) is 15.4 Å². The molecule has 0 aliphatic rings. The zero-order chi connectivity index (χ0) is 16.0. The first-order valence-electron chi connectivity index (χ1n) is 6.56. The van der Waals surface area contributed by atoms with Crippen molar-refractivity contribution in [2.45, 2.75) is 31.7 Å². The summed E-state index contributed by atoms with van der Waals surface area (Å²) < 4.78 is 40.2. The highest BCUT2D eigenvalue weighted by Crippen LogP contribution is 2.19. The minimum atomic E-state index is -3.76. The van der Waals surface area contributed by atoms with Crippen LogP contribution in [-0.2, 0) is 14.8 Å². The number of hydrogen-bond donors (Lipinski definition) is 3. The fourth-order valence-corrected chi connectivity index (χ4v) is 2.85. The highest BCUT2D eigenvalue weighted by Gasteiger charge is 2.17. The zero-order valence-corrected chi connectivity index (χ0v) is 13.1. The van der Waals surface area contributed by atoms with Gasteiger partial charge in [-0.2, -0.15) is 0 Å². The average molecular weight is 317 g/mol. The Morgan fingerprint density at radius 1 is 1.38 bits per heavy atom. The van der Waals surface area contributed by atoms with Crippen LogP contribution in [0.4, 0.5) is 10.1 Å². The van der Waals surface area contributed by atoms with Crippen LogP contribution in [0.2, 0.25) is 0 Å². The summed E-state index contributed by atoms with van der Waals surface area (Å²) in [4.78, 5) is 10.9. The Morgan fingerprint density at radius 3 is 2.62 bits per heavy atom. The van der Waals surface area contributed by atoms with Crippen LogP contribution in [0.3, 0.4) is 0 Å². The van der Waals surface area contributed by atoms with E-state index in [-0.39, 0.29) is 23.2 Å². The molecule has 1 aromatic rings. The maximum atomic E-state index is 13.5. The molecule has 0 aromatic heterocycles. The van der Waals surface area contributed by atoms with E-state index in [1.54, 1.807) is 0 Å². The minimum absolute atomic E-state index is 0.0277. The van der Waals surface area contributed by atoms with Gasteiger partial charge in [0.1, 0.15) is 5.82 Å². The predicted molar refractivity (Wildman–Crippen MR) is 79.0 cm³/mol. The van der Waals surface area contributed by atoms with Crippen molar-refractivity contribution in [1.29, 1.82) is 0 Å². The molecule has 118 valence electrons. The Kier molecular flexibility index (Phi) is 6.25. The number of nitrogens with one attached hydrogen (secondary N) is 3. The summed E-state index contributed by atoms with van der Waals surface area (Å²) in [6.45, 7) is 5.93.